The molecule has 0 aliphatic carbocycles. The van der Waals surface area contributed by atoms with Crippen LogP contribution in [-0.2, 0) is 11.4 Å². The lowest BCUT2D eigenvalue weighted by Gasteiger charge is -2.13. The fourth-order valence-corrected chi connectivity index (χ4v) is 3.63. The predicted octanol–water partition coefficient (Wildman–Crippen LogP) is 5.42. The second kappa shape index (κ2) is 14.2. The van der Waals surface area contributed by atoms with Gasteiger partial charge >= 0.3 is 5.97 Å². The van der Waals surface area contributed by atoms with Crippen molar-refractivity contribution < 1.29 is 33.3 Å². The fraction of sp³-hybridized carbons (Fsp3) is 0.156. The summed E-state index contributed by atoms with van der Waals surface area (Å²) in [6.07, 6.45) is 0.699. The molecule has 1 atom stereocenters. The summed E-state index contributed by atoms with van der Waals surface area (Å²) in [6, 6.07) is 28.4. The van der Waals surface area contributed by atoms with E-state index < -0.39 is 18.0 Å². The van der Waals surface area contributed by atoms with E-state index >= 15 is 0 Å². The molecule has 210 valence electrons. The van der Waals surface area contributed by atoms with Crippen LogP contribution >= 0.6 is 0 Å². The van der Waals surface area contributed by atoms with Crippen LogP contribution in [0.2, 0.25) is 0 Å². The molecule has 0 aliphatic heterocycles. The summed E-state index contributed by atoms with van der Waals surface area (Å²) in [4.78, 5) is 24.9. The highest BCUT2D eigenvalue weighted by Crippen LogP contribution is 2.28. The number of rotatable bonds is 12. The Labute approximate surface area is 238 Å². The molecule has 0 saturated heterocycles. The first kappa shape index (κ1) is 28.7. The minimum atomic E-state index is -0.776. The molecule has 4 aromatic rings. The smallest absolute Gasteiger partial charge is 0.343 e. The third-order valence-electron chi connectivity index (χ3n) is 5.85. The highest BCUT2D eigenvalue weighted by molar-refractivity contribution is 5.92. The van der Waals surface area contributed by atoms with Crippen LogP contribution in [0.4, 0.5) is 0 Å². The number of hydrogen-bond acceptors (Lipinski definition) is 8. The summed E-state index contributed by atoms with van der Waals surface area (Å²) >= 11 is 0. The second-order valence-electron chi connectivity index (χ2n) is 8.77. The lowest BCUT2D eigenvalue weighted by molar-refractivity contribution is -0.127. The van der Waals surface area contributed by atoms with Gasteiger partial charge in [-0.05, 0) is 84.8 Å². The van der Waals surface area contributed by atoms with Crippen LogP contribution in [0.1, 0.15) is 28.4 Å². The van der Waals surface area contributed by atoms with Crippen molar-refractivity contribution in [2.45, 2.75) is 19.6 Å². The number of methoxy groups -OCH3 is 2. The van der Waals surface area contributed by atoms with Crippen molar-refractivity contribution in [1.29, 1.82) is 0 Å². The molecule has 9 heteroatoms. The van der Waals surface area contributed by atoms with Crippen molar-refractivity contribution in [3.63, 3.8) is 0 Å². The van der Waals surface area contributed by atoms with E-state index in [0.29, 0.717) is 46.5 Å². The van der Waals surface area contributed by atoms with Crippen molar-refractivity contribution in [3.8, 4) is 28.7 Å². The number of ether oxygens (including phenoxy) is 5. The van der Waals surface area contributed by atoms with E-state index in [4.69, 9.17) is 23.7 Å². The van der Waals surface area contributed by atoms with E-state index in [0.717, 1.165) is 5.56 Å². The van der Waals surface area contributed by atoms with Crippen molar-refractivity contribution >= 4 is 18.1 Å². The van der Waals surface area contributed by atoms with Crippen LogP contribution in [0.3, 0.4) is 0 Å². The van der Waals surface area contributed by atoms with Gasteiger partial charge in [0.1, 0.15) is 23.9 Å². The van der Waals surface area contributed by atoms with Gasteiger partial charge in [-0.15, -0.1) is 0 Å². The predicted molar refractivity (Wildman–Crippen MR) is 154 cm³/mol. The Hall–Kier alpha value is -5.31. The summed E-state index contributed by atoms with van der Waals surface area (Å²) in [6.45, 7) is 2.09. The topological polar surface area (TPSA) is 105 Å². The van der Waals surface area contributed by atoms with E-state index in [9.17, 15) is 9.59 Å². The molecule has 0 fully saturated rings. The average molecular weight is 555 g/mol. The van der Waals surface area contributed by atoms with Gasteiger partial charge in [-0.3, -0.25) is 4.79 Å². The molecule has 9 nitrogen and oxygen atoms in total. The Morgan fingerprint density at radius 1 is 0.805 bits per heavy atom. The van der Waals surface area contributed by atoms with Gasteiger partial charge in [0.25, 0.3) is 5.91 Å². The molecule has 1 unspecified atom stereocenters. The van der Waals surface area contributed by atoms with E-state index in [1.165, 1.54) is 20.4 Å². The third-order valence-corrected chi connectivity index (χ3v) is 5.85. The first-order valence-electron chi connectivity index (χ1n) is 12.8. The van der Waals surface area contributed by atoms with Gasteiger partial charge in [0.15, 0.2) is 17.6 Å². The highest BCUT2D eigenvalue weighted by atomic mass is 16.5. The number of nitrogens with zero attached hydrogens (tertiary/aromatic N) is 1. The zero-order valence-corrected chi connectivity index (χ0v) is 22.9. The minimum absolute atomic E-state index is 0.319. The largest absolute Gasteiger partial charge is 0.493 e. The second-order valence-corrected chi connectivity index (χ2v) is 8.77. The van der Waals surface area contributed by atoms with Gasteiger partial charge in [0, 0.05) is 0 Å². The van der Waals surface area contributed by atoms with Crippen LogP contribution in [0.5, 0.6) is 28.7 Å². The lowest BCUT2D eigenvalue weighted by Crippen LogP contribution is -2.33. The molecule has 0 spiro atoms. The number of hydrazone groups is 1. The van der Waals surface area contributed by atoms with E-state index in [2.05, 4.69) is 10.5 Å². The number of carbonyl (C=O) groups is 2. The molecular formula is C32H30N2O7. The first-order chi connectivity index (χ1) is 19.9. The Balaban J connectivity index is 1.22. The Morgan fingerprint density at radius 2 is 1.46 bits per heavy atom. The fourth-order valence-electron chi connectivity index (χ4n) is 3.63. The molecule has 1 N–H and O–H groups in total. The number of benzene rings is 4. The number of carbonyl (C=O) groups excluding carboxylic acids is 2. The molecule has 0 radical (unpaired) electrons. The van der Waals surface area contributed by atoms with Crippen molar-refractivity contribution in [3.05, 3.63) is 114 Å². The standard InChI is InChI=1S/C32H30N2O7/c1-22(40-27-16-14-26(15-17-27)39-21-24-7-5-4-6-8-24)31(35)34-33-20-23-9-12-28(13-10-23)41-32(36)25-11-18-29(37-2)30(19-25)38-3/h4-20,22H,21H2,1-3H3,(H,34,35)/b33-20+. The van der Waals surface area contributed by atoms with Gasteiger partial charge in [0.05, 0.1) is 26.0 Å². The molecular weight excluding hydrogens is 524 g/mol. The number of esters is 1. The summed E-state index contributed by atoms with van der Waals surface area (Å²) in [5.74, 6) is 1.57. The maximum absolute atomic E-state index is 12.5. The summed E-state index contributed by atoms with van der Waals surface area (Å²) in [5.41, 5.74) is 4.55. The SMILES string of the molecule is COc1ccc(C(=O)Oc2ccc(/C=N/NC(=O)C(C)Oc3ccc(OCc4ccccc4)cc3)cc2)cc1OC. The summed E-state index contributed by atoms with van der Waals surface area (Å²) in [5, 5.41) is 3.99. The van der Waals surface area contributed by atoms with Crippen molar-refractivity contribution in [2.75, 3.05) is 14.2 Å². The average Bonchev–Trinajstić information content (AvgIpc) is 3.01. The van der Waals surface area contributed by atoms with Crippen LogP contribution in [0, 0.1) is 0 Å². The van der Waals surface area contributed by atoms with Gasteiger partial charge in [-0.1, -0.05) is 30.3 Å². The normalized spacial score (nSPS) is 11.4. The maximum Gasteiger partial charge on any atom is 0.343 e. The molecule has 1 amide bonds. The molecule has 0 aromatic heterocycles. The zero-order chi connectivity index (χ0) is 29.0. The Kier molecular flexibility index (Phi) is 9.92. The molecule has 41 heavy (non-hydrogen) atoms. The van der Waals surface area contributed by atoms with E-state index in [1.54, 1.807) is 73.7 Å². The molecule has 0 saturated carbocycles. The van der Waals surface area contributed by atoms with Gasteiger partial charge < -0.3 is 23.7 Å². The quantitative estimate of drug-likeness (QED) is 0.108. The van der Waals surface area contributed by atoms with Gasteiger partial charge in [0.2, 0.25) is 0 Å². The minimum Gasteiger partial charge on any atom is -0.493 e. The maximum atomic E-state index is 12.5. The molecule has 4 rings (SSSR count). The van der Waals surface area contributed by atoms with E-state index in [-0.39, 0.29) is 0 Å². The van der Waals surface area contributed by atoms with Crippen molar-refractivity contribution in [1.82, 2.24) is 5.43 Å². The summed E-state index contributed by atoms with van der Waals surface area (Å²) in [7, 11) is 3.01. The van der Waals surface area contributed by atoms with Crippen LogP contribution in [-0.4, -0.2) is 38.4 Å². The van der Waals surface area contributed by atoms with Gasteiger partial charge in [-0.2, -0.15) is 5.10 Å². The lowest BCUT2D eigenvalue weighted by atomic mass is 10.2. The monoisotopic (exact) mass is 554 g/mol. The van der Waals surface area contributed by atoms with Crippen molar-refractivity contribution in [2.24, 2.45) is 5.10 Å². The van der Waals surface area contributed by atoms with Crippen LogP contribution in [0.15, 0.2) is 102 Å². The number of nitrogens with one attached hydrogen (secondary N) is 1. The van der Waals surface area contributed by atoms with Gasteiger partial charge in [-0.25, -0.2) is 10.2 Å². The Bertz CT molecular complexity index is 1470. The van der Waals surface area contributed by atoms with E-state index in [1.807, 2.05) is 30.3 Å². The number of amides is 1. The Morgan fingerprint density at radius 3 is 2.15 bits per heavy atom. The van der Waals surface area contributed by atoms with Crippen LogP contribution < -0.4 is 29.1 Å². The molecule has 0 heterocycles. The third kappa shape index (κ3) is 8.34. The van der Waals surface area contributed by atoms with Crippen LogP contribution in [0.25, 0.3) is 0 Å². The summed E-state index contributed by atoms with van der Waals surface area (Å²) < 4.78 is 27.3. The molecule has 0 bridgehead atoms. The first-order valence-corrected chi connectivity index (χ1v) is 12.8. The molecule has 0 aliphatic rings. The zero-order valence-electron chi connectivity index (χ0n) is 22.9. The molecule has 4 aromatic carbocycles. The number of hydrogen-bond donors (Lipinski definition) is 1. The highest BCUT2D eigenvalue weighted by Gasteiger charge is 2.15.